The second-order valence-corrected chi connectivity index (χ2v) is 3.80. The SMILES string of the molecule is C[C@@H]1CC(C)(C)CCO1. The van der Waals surface area contributed by atoms with Crippen molar-refractivity contribution in [3.63, 3.8) is 0 Å². The van der Waals surface area contributed by atoms with Crippen LogP contribution in [-0.4, -0.2) is 12.7 Å². The molecule has 1 atom stereocenters. The van der Waals surface area contributed by atoms with E-state index >= 15 is 0 Å². The van der Waals surface area contributed by atoms with Gasteiger partial charge in [-0.3, -0.25) is 0 Å². The Labute approximate surface area is 57.4 Å². The van der Waals surface area contributed by atoms with Gasteiger partial charge in [-0.2, -0.15) is 0 Å². The van der Waals surface area contributed by atoms with Crippen LogP contribution in [0, 0.1) is 5.41 Å². The van der Waals surface area contributed by atoms with Gasteiger partial charge in [0.05, 0.1) is 6.10 Å². The van der Waals surface area contributed by atoms with Crippen molar-refractivity contribution in [3.8, 4) is 0 Å². The number of hydrogen-bond acceptors (Lipinski definition) is 1. The second-order valence-electron chi connectivity index (χ2n) is 3.80. The number of hydrogen-bond donors (Lipinski definition) is 0. The molecule has 1 saturated heterocycles. The molecule has 0 N–H and O–H groups in total. The van der Waals surface area contributed by atoms with E-state index < -0.39 is 0 Å². The maximum Gasteiger partial charge on any atom is 0.0552 e. The first kappa shape index (κ1) is 7.07. The Morgan fingerprint density at radius 1 is 1.44 bits per heavy atom. The minimum absolute atomic E-state index is 0.480. The van der Waals surface area contributed by atoms with Gasteiger partial charge in [-0.05, 0) is 25.2 Å². The quantitative estimate of drug-likeness (QED) is 0.486. The molecule has 1 heterocycles. The Hall–Kier alpha value is -0.0400. The predicted molar refractivity (Wildman–Crippen MR) is 38.4 cm³/mol. The Kier molecular flexibility index (Phi) is 1.80. The molecule has 0 aliphatic carbocycles. The molecule has 1 nitrogen and oxygen atoms in total. The van der Waals surface area contributed by atoms with E-state index in [-0.39, 0.29) is 0 Å². The van der Waals surface area contributed by atoms with Gasteiger partial charge >= 0.3 is 0 Å². The second kappa shape index (κ2) is 2.30. The number of ether oxygens (including phenoxy) is 1. The molecule has 0 aromatic carbocycles. The molecule has 0 bridgehead atoms. The molecular weight excluding hydrogens is 112 g/mol. The van der Waals surface area contributed by atoms with Crippen molar-refractivity contribution in [2.24, 2.45) is 5.41 Å². The molecule has 9 heavy (non-hydrogen) atoms. The first-order valence-corrected chi connectivity index (χ1v) is 3.72. The topological polar surface area (TPSA) is 9.23 Å². The van der Waals surface area contributed by atoms with Crippen LogP contribution in [0.1, 0.15) is 33.6 Å². The fourth-order valence-corrected chi connectivity index (χ4v) is 1.48. The van der Waals surface area contributed by atoms with Crippen LogP contribution < -0.4 is 0 Å². The molecule has 0 aromatic heterocycles. The van der Waals surface area contributed by atoms with E-state index in [1.54, 1.807) is 0 Å². The molecule has 1 aliphatic rings. The lowest BCUT2D eigenvalue weighted by molar-refractivity contribution is -0.0252. The van der Waals surface area contributed by atoms with Crippen LogP contribution in [0.2, 0.25) is 0 Å². The van der Waals surface area contributed by atoms with Crippen molar-refractivity contribution in [2.45, 2.75) is 39.7 Å². The smallest absolute Gasteiger partial charge is 0.0552 e. The van der Waals surface area contributed by atoms with Gasteiger partial charge in [0.15, 0.2) is 0 Å². The summed E-state index contributed by atoms with van der Waals surface area (Å²) in [5.74, 6) is 0. The standard InChI is InChI=1S/C8H16O/c1-7-6-8(2,3)4-5-9-7/h7H,4-6H2,1-3H3/t7-/m1/s1. The lowest BCUT2D eigenvalue weighted by Gasteiger charge is -2.33. The molecule has 1 heteroatoms. The van der Waals surface area contributed by atoms with Crippen molar-refractivity contribution in [2.75, 3.05) is 6.61 Å². The zero-order valence-electron chi connectivity index (χ0n) is 6.61. The molecule has 0 spiro atoms. The first-order chi connectivity index (χ1) is 4.10. The summed E-state index contributed by atoms with van der Waals surface area (Å²) in [5, 5.41) is 0. The Morgan fingerprint density at radius 3 is 2.44 bits per heavy atom. The van der Waals surface area contributed by atoms with Gasteiger partial charge < -0.3 is 4.74 Å². The summed E-state index contributed by atoms with van der Waals surface area (Å²) < 4.78 is 5.41. The molecule has 0 amide bonds. The van der Waals surface area contributed by atoms with Gasteiger partial charge in [0.2, 0.25) is 0 Å². The Balaban J connectivity index is 2.41. The van der Waals surface area contributed by atoms with Crippen LogP contribution in [0.25, 0.3) is 0 Å². The van der Waals surface area contributed by atoms with E-state index in [0.29, 0.717) is 11.5 Å². The lowest BCUT2D eigenvalue weighted by atomic mass is 9.82. The van der Waals surface area contributed by atoms with E-state index in [2.05, 4.69) is 20.8 Å². The average Bonchev–Trinajstić information content (AvgIpc) is 1.60. The zero-order chi connectivity index (χ0) is 6.91. The fraction of sp³-hybridized carbons (Fsp3) is 1.00. The molecule has 0 aromatic rings. The molecule has 0 unspecified atom stereocenters. The molecule has 1 fully saturated rings. The maximum atomic E-state index is 5.41. The summed E-state index contributed by atoms with van der Waals surface area (Å²) in [5.41, 5.74) is 0.525. The molecule has 1 aliphatic heterocycles. The summed E-state index contributed by atoms with van der Waals surface area (Å²) in [6, 6.07) is 0. The molecular formula is C8H16O. The first-order valence-electron chi connectivity index (χ1n) is 3.72. The van der Waals surface area contributed by atoms with Gasteiger partial charge in [0.25, 0.3) is 0 Å². The highest BCUT2D eigenvalue weighted by molar-refractivity contribution is 4.75. The minimum atomic E-state index is 0.480. The van der Waals surface area contributed by atoms with Crippen molar-refractivity contribution in [3.05, 3.63) is 0 Å². The predicted octanol–water partition coefficient (Wildman–Crippen LogP) is 2.21. The maximum absolute atomic E-state index is 5.41. The van der Waals surface area contributed by atoms with Crippen LogP contribution in [0.15, 0.2) is 0 Å². The summed E-state index contributed by atoms with van der Waals surface area (Å²) in [6.45, 7) is 7.73. The van der Waals surface area contributed by atoms with Crippen LogP contribution in [0.4, 0.5) is 0 Å². The molecule has 0 radical (unpaired) electrons. The highest BCUT2D eigenvalue weighted by Crippen LogP contribution is 2.31. The highest BCUT2D eigenvalue weighted by atomic mass is 16.5. The van der Waals surface area contributed by atoms with Crippen LogP contribution in [0.3, 0.4) is 0 Å². The summed E-state index contributed by atoms with van der Waals surface area (Å²) >= 11 is 0. The summed E-state index contributed by atoms with van der Waals surface area (Å²) in [6.07, 6.45) is 2.92. The monoisotopic (exact) mass is 128 g/mol. The summed E-state index contributed by atoms with van der Waals surface area (Å²) in [4.78, 5) is 0. The van der Waals surface area contributed by atoms with Gasteiger partial charge in [0.1, 0.15) is 0 Å². The van der Waals surface area contributed by atoms with Crippen molar-refractivity contribution in [1.29, 1.82) is 0 Å². The van der Waals surface area contributed by atoms with Gasteiger partial charge in [-0.1, -0.05) is 13.8 Å². The third kappa shape index (κ3) is 1.98. The molecule has 54 valence electrons. The van der Waals surface area contributed by atoms with E-state index in [4.69, 9.17) is 4.74 Å². The average molecular weight is 128 g/mol. The van der Waals surface area contributed by atoms with Crippen molar-refractivity contribution >= 4 is 0 Å². The third-order valence-electron chi connectivity index (χ3n) is 2.02. The van der Waals surface area contributed by atoms with E-state index in [1.807, 2.05) is 0 Å². The minimum Gasteiger partial charge on any atom is -0.378 e. The van der Waals surface area contributed by atoms with E-state index in [9.17, 15) is 0 Å². The number of rotatable bonds is 0. The largest absolute Gasteiger partial charge is 0.378 e. The Morgan fingerprint density at radius 2 is 2.11 bits per heavy atom. The molecule has 0 saturated carbocycles. The lowest BCUT2D eigenvalue weighted by Crippen LogP contribution is -2.28. The van der Waals surface area contributed by atoms with Crippen LogP contribution >= 0.6 is 0 Å². The van der Waals surface area contributed by atoms with Crippen LogP contribution in [0.5, 0.6) is 0 Å². The summed E-state index contributed by atoms with van der Waals surface area (Å²) in [7, 11) is 0. The highest BCUT2D eigenvalue weighted by Gasteiger charge is 2.25. The van der Waals surface area contributed by atoms with Crippen molar-refractivity contribution in [1.82, 2.24) is 0 Å². The van der Waals surface area contributed by atoms with Gasteiger partial charge in [-0.25, -0.2) is 0 Å². The Bertz CT molecular complexity index is 96.7. The van der Waals surface area contributed by atoms with Crippen molar-refractivity contribution < 1.29 is 4.74 Å². The van der Waals surface area contributed by atoms with Gasteiger partial charge in [0, 0.05) is 6.61 Å². The zero-order valence-corrected chi connectivity index (χ0v) is 6.61. The van der Waals surface area contributed by atoms with Crippen LogP contribution in [-0.2, 0) is 4.74 Å². The normalized spacial score (nSPS) is 34.3. The van der Waals surface area contributed by atoms with E-state index in [0.717, 1.165) is 6.61 Å². The van der Waals surface area contributed by atoms with E-state index in [1.165, 1.54) is 12.8 Å². The molecule has 1 rings (SSSR count). The fourth-order valence-electron chi connectivity index (χ4n) is 1.48. The van der Waals surface area contributed by atoms with Gasteiger partial charge in [-0.15, -0.1) is 0 Å². The third-order valence-corrected chi connectivity index (χ3v) is 2.02.